The van der Waals surface area contributed by atoms with Crippen molar-refractivity contribution in [3.8, 4) is 0 Å². The highest BCUT2D eigenvalue weighted by molar-refractivity contribution is 5.22. The van der Waals surface area contributed by atoms with Crippen LogP contribution in [0, 0.1) is 0 Å². The van der Waals surface area contributed by atoms with Crippen molar-refractivity contribution in [2.45, 2.75) is 25.2 Å². The highest BCUT2D eigenvalue weighted by Gasteiger charge is 2.33. The second-order valence-corrected chi connectivity index (χ2v) is 4.42. The maximum atomic E-state index is 12.6. The molecule has 0 aliphatic heterocycles. The molecule has 0 spiro atoms. The monoisotopic (exact) mass is 269 g/mol. The molecule has 3 nitrogen and oxygen atoms in total. The van der Waals surface area contributed by atoms with Gasteiger partial charge in [0, 0.05) is 12.2 Å². The van der Waals surface area contributed by atoms with Crippen LogP contribution in [0.2, 0.25) is 0 Å². The van der Waals surface area contributed by atoms with E-state index in [-0.39, 0.29) is 6.04 Å². The zero-order valence-electron chi connectivity index (χ0n) is 10.3. The number of hydrogen-bond donors (Lipinski definition) is 1. The summed E-state index contributed by atoms with van der Waals surface area (Å²) in [7, 11) is 0. The topological polar surface area (TPSA) is 43.8 Å². The average Bonchev–Trinajstić information content (AvgIpc) is 2.79. The fourth-order valence-corrected chi connectivity index (χ4v) is 1.98. The predicted molar refractivity (Wildman–Crippen MR) is 65.5 cm³/mol. The van der Waals surface area contributed by atoms with Crippen LogP contribution in [-0.4, -0.2) is 15.8 Å². The van der Waals surface area contributed by atoms with Crippen molar-refractivity contribution in [2.24, 2.45) is 5.73 Å². The van der Waals surface area contributed by atoms with Gasteiger partial charge in [-0.15, -0.1) is 0 Å². The molecule has 19 heavy (non-hydrogen) atoms. The Morgan fingerprint density at radius 3 is 2.32 bits per heavy atom. The number of nitrogens with zero attached hydrogens (tertiary/aromatic N) is 2. The van der Waals surface area contributed by atoms with Crippen molar-refractivity contribution in [1.29, 1.82) is 0 Å². The minimum Gasteiger partial charge on any atom is -0.326 e. The molecule has 0 aliphatic rings. The Kier molecular flexibility index (Phi) is 3.61. The number of benzene rings is 1. The molecule has 2 rings (SSSR count). The highest BCUT2D eigenvalue weighted by atomic mass is 19.4. The summed E-state index contributed by atoms with van der Waals surface area (Å²) in [4.78, 5) is 0. The van der Waals surface area contributed by atoms with E-state index in [9.17, 15) is 13.2 Å². The Morgan fingerprint density at radius 2 is 1.84 bits per heavy atom. The zero-order chi connectivity index (χ0) is 14.0. The molecule has 0 saturated heterocycles. The van der Waals surface area contributed by atoms with Crippen LogP contribution >= 0.6 is 0 Å². The van der Waals surface area contributed by atoms with E-state index >= 15 is 0 Å². The van der Waals surface area contributed by atoms with E-state index in [0.29, 0.717) is 0 Å². The minimum absolute atomic E-state index is 0.358. The van der Waals surface area contributed by atoms with E-state index in [4.69, 9.17) is 5.73 Å². The Morgan fingerprint density at radius 1 is 1.21 bits per heavy atom. The van der Waals surface area contributed by atoms with Gasteiger partial charge >= 0.3 is 6.18 Å². The van der Waals surface area contributed by atoms with Gasteiger partial charge in [0.2, 0.25) is 0 Å². The summed E-state index contributed by atoms with van der Waals surface area (Å²) in [5.41, 5.74) is 5.94. The van der Waals surface area contributed by atoms with Crippen molar-refractivity contribution < 1.29 is 13.2 Å². The zero-order valence-corrected chi connectivity index (χ0v) is 10.3. The maximum absolute atomic E-state index is 12.6. The summed E-state index contributed by atoms with van der Waals surface area (Å²) >= 11 is 0. The summed E-state index contributed by atoms with van der Waals surface area (Å²) in [5.74, 6) is 0. The smallest absolute Gasteiger partial charge is 0.326 e. The molecule has 0 fully saturated rings. The second-order valence-electron chi connectivity index (χ2n) is 4.42. The summed E-state index contributed by atoms with van der Waals surface area (Å²) < 4.78 is 39.0. The van der Waals surface area contributed by atoms with Crippen LogP contribution in [0.1, 0.15) is 24.1 Å². The van der Waals surface area contributed by atoms with Gasteiger partial charge < -0.3 is 5.73 Å². The third-order valence-corrected chi connectivity index (χ3v) is 2.85. The molecule has 0 aliphatic carbocycles. The van der Waals surface area contributed by atoms with Crippen LogP contribution in [0.5, 0.6) is 0 Å². The fourth-order valence-electron chi connectivity index (χ4n) is 1.98. The van der Waals surface area contributed by atoms with E-state index in [1.54, 1.807) is 6.92 Å². The van der Waals surface area contributed by atoms with Gasteiger partial charge in [0.25, 0.3) is 0 Å². The molecule has 2 atom stereocenters. The normalized spacial score (nSPS) is 15.2. The molecule has 0 amide bonds. The summed E-state index contributed by atoms with van der Waals surface area (Å²) in [6.07, 6.45) is -2.59. The lowest BCUT2D eigenvalue weighted by molar-refractivity contribution is -0.137. The van der Waals surface area contributed by atoms with E-state index in [1.807, 2.05) is 30.3 Å². The van der Waals surface area contributed by atoms with Gasteiger partial charge in [-0.05, 0) is 12.5 Å². The number of halogens is 3. The Bertz CT molecular complexity index is 532. The van der Waals surface area contributed by atoms with Crippen molar-refractivity contribution in [2.75, 3.05) is 0 Å². The number of nitrogens with two attached hydrogens (primary N) is 1. The SMILES string of the molecule is CC(N)C(c1ccccc1)n1cc(C(F)(F)F)cn1. The van der Waals surface area contributed by atoms with Gasteiger partial charge in [-0.25, -0.2) is 0 Å². The predicted octanol–water partition coefficient (Wildman–Crippen LogP) is 2.84. The van der Waals surface area contributed by atoms with Gasteiger partial charge in [-0.3, -0.25) is 4.68 Å². The average molecular weight is 269 g/mol. The Labute approximate surface area is 108 Å². The van der Waals surface area contributed by atoms with Crippen molar-refractivity contribution in [3.63, 3.8) is 0 Å². The lowest BCUT2D eigenvalue weighted by atomic mass is 10.0. The standard InChI is InChI=1S/C13H14F3N3/c1-9(17)12(10-5-3-2-4-6-10)19-8-11(7-18-19)13(14,15)16/h2-9,12H,17H2,1H3. The summed E-state index contributed by atoms with van der Waals surface area (Å²) in [6.45, 7) is 1.74. The number of rotatable bonds is 3. The van der Waals surface area contributed by atoms with E-state index in [0.717, 1.165) is 18.0 Å². The van der Waals surface area contributed by atoms with Crippen LogP contribution in [0.15, 0.2) is 42.7 Å². The maximum Gasteiger partial charge on any atom is 0.419 e. The lowest BCUT2D eigenvalue weighted by Crippen LogP contribution is -2.30. The Balaban J connectivity index is 2.38. The van der Waals surface area contributed by atoms with Crippen LogP contribution in [0.25, 0.3) is 0 Å². The lowest BCUT2D eigenvalue weighted by Gasteiger charge is -2.21. The summed E-state index contributed by atoms with van der Waals surface area (Å²) in [5, 5.41) is 3.80. The van der Waals surface area contributed by atoms with E-state index in [2.05, 4.69) is 5.10 Å². The molecule has 1 aromatic carbocycles. The quantitative estimate of drug-likeness (QED) is 0.931. The summed E-state index contributed by atoms with van der Waals surface area (Å²) in [6, 6.07) is 8.34. The Hall–Kier alpha value is -1.82. The number of aromatic nitrogens is 2. The molecule has 2 N–H and O–H groups in total. The molecular weight excluding hydrogens is 255 g/mol. The van der Waals surface area contributed by atoms with Crippen LogP contribution < -0.4 is 5.73 Å². The highest BCUT2D eigenvalue weighted by Crippen LogP contribution is 2.30. The minimum atomic E-state index is -4.39. The third kappa shape index (κ3) is 2.96. The first-order valence-corrected chi connectivity index (χ1v) is 5.81. The molecule has 102 valence electrons. The first kappa shape index (κ1) is 13.6. The molecule has 1 heterocycles. The van der Waals surface area contributed by atoms with Gasteiger partial charge in [-0.1, -0.05) is 30.3 Å². The van der Waals surface area contributed by atoms with Crippen molar-refractivity contribution in [3.05, 3.63) is 53.9 Å². The molecule has 0 radical (unpaired) electrons. The van der Waals surface area contributed by atoms with Gasteiger partial charge in [0.1, 0.15) is 0 Å². The first-order valence-electron chi connectivity index (χ1n) is 5.81. The van der Waals surface area contributed by atoms with Gasteiger partial charge in [0.15, 0.2) is 0 Å². The number of hydrogen-bond acceptors (Lipinski definition) is 2. The first-order chi connectivity index (χ1) is 8.89. The van der Waals surface area contributed by atoms with Crippen LogP contribution in [0.4, 0.5) is 13.2 Å². The van der Waals surface area contributed by atoms with E-state index in [1.165, 1.54) is 4.68 Å². The molecule has 1 aromatic heterocycles. The molecule has 0 bridgehead atoms. The van der Waals surface area contributed by atoms with Crippen molar-refractivity contribution >= 4 is 0 Å². The van der Waals surface area contributed by atoms with Crippen LogP contribution in [0.3, 0.4) is 0 Å². The number of alkyl halides is 3. The second kappa shape index (κ2) is 5.05. The molecular formula is C13H14F3N3. The van der Waals surface area contributed by atoms with E-state index < -0.39 is 17.8 Å². The molecule has 0 saturated carbocycles. The third-order valence-electron chi connectivity index (χ3n) is 2.85. The molecule has 6 heteroatoms. The largest absolute Gasteiger partial charge is 0.419 e. The van der Waals surface area contributed by atoms with Gasteiger partial charge in [-0.2, -0.15) is 18.3 Å². The van der Waals surface area contributed by atoms with Gasteiger partial charge in [0.05, 0.1) is 17.8 Å². The van der Waals surface area contributed by atoms with Crippen LogP contribution in [-0.2, 0) is 6.18 Å². The molecule has 2 unspecified atom stereocenters. The van der Waals surface area contributed by atoms with Crippen molar-refractivity contribution in [1.82, 2.24) is 9.78 Å². The molecule has 2 aromatic rings. The fraction of sp³-hybridized carbons (Fsp3) is 0.308.